The molecule has 0 atom stereocenters. The van der Waals surface area contributed by atoms with Crippen molar-refractivity contribution in [1.82, 2.24) is 20.0 Å². The second kappa shape index (κ2) is 6.72. The van der Waals surface area contributed by atoms with Gasteiger partial charge in [-0.25, -0.2) is 0 Å². The van der Waals surface area contributed by atoms with Crippen LogP contribution in [0.1, 0.15) is 52.6 Å². The molecule has 4 rings (SSSR count). The Morgan fingerprint density at radius 3 is 2.78 bits per heavy atom. The number of carbonyl (C=O) groups is 2. The van der Waals surface area contributed by atoms with Crippen LogP contribution in [0.3, 0.4) is 0 Å². The van der Waals surface area contributed by atoms with Crippen molar-refractivity contribution >= 4 is 11.8 Å². The van der Waals surface area contributed by atoms with Crippen LogP contribution in [0.2, 0.25) is 0 Å². The van der Waals surface area contributed by atoms with Gasteiger partial charge in [-0.2, -0.15) is 5.10 Å². The van der Waals surface area contributed by atoms with Crippen molar-refractivity contribution < 1.29 is 14.3 Å². The van der Waals surface area contributed by atoms with Gasteiger partial charge in [-0.05, 0) is 25.5 Å². The van der Waals surface area contributed by atoms with E-state index < -0.39 is 5.72 Å². The highest BCUT2D eigenvalue weighted by Gasteiger charge is 2.43. The zero-order chi connectivity index (χ0) is 19.0. The Morgan fingerprint density at radius 1 is 1.30 bits per heavy atom. The van der Waals surface area contributed by atoms with Gasteiger partial charge in [-0.1, -0.05) is 19.1 Å². The molecular weight excluding hydrogens is 344 g/mol. The SMILES string of the molecule is CCCn1ncc(C(=O)N2CCC3(CC2)NC(=O)c2ccccc2O3)c1C. The molecule has 1 saturated heterocycles. The van der Waals surface area contributed by atoms with E-state index in [9.17, 15) is 9.59 Å². The molecule has 2 aliphatic heterocycles. The van der Waals surface area contributed by atoms with E-state index in [1.54, 1.807) is 12.3 Å². The lowest BCUT2D eigenvalue weighted by Gasteiger charge is -2.44. The number of para-hydroxylation sites is 1. The van der Waals surface area contributed by atoms with E-state index in [1.807, 2.05) is 34.7 Å². The third-order valence-electron chi connectivity index (χ3n) is 5.41. The van der Waals surface area contributed by atoms with E-state index in [-0.39, 0.29) is 11.8 Å². The Kier molecular flexibility index (Phi) is 4.37. The maximum absolute atomic E-state index is 12.9. The fourth-order valence-electron chi connectivity index (χ4n) is 3.82. The fraction of sp³-hybridized carbons (Fsp3) is 0.450. The molecule has 0 unspecified atom stereocenters. The number of rotatable bonds is 3. The lowest BCUT2D eigenvalue weighted by Crippen LogP contribution is -2.61. The molecule has 142 valence electrons. The fourth-order valence-corrected chi connectivity index (χ4v) is 3.82. The van der Waals surface area contributed by atoms with Crippen LogP contribution in [0.15, 0.2) is 30.5 Å². The zero-order valence-corrected chi connectivity index (χ0v) is 15.7. The number of aromatic nitrogens is 2. The number of amides is 2. The molecule has 0 radical (unpaired) electrons. The molecule has 2 aliphatic rings. The Bertz CT molecular complexity index is 881. The van der Waals surface area contributed by atoms with Gasteiger partial charge in [0.15, 0.2) is 5.72 Å². The molecule has 0 saturated carbocycles. The number of nitrogens with zero attached hydrogens (tertiary/aromatic N) is 3. The van der Waals surface area contributed by atoms with Crippen molar-refractivity contribution in [2.24, 2.45) is 0 Å². The van der Waals surface area contributed by atoms with Crippen LogP contribution in [0.5, 0.6) is 5.75 Å². The average Bonchev–Trinajstić information content (AvgIpc) is 3.03. The predicted molar refractivity (Wildman–Crippen MR) is 99.7 cm³/mol. The van der Waals surface area contributed by atoms with Gasteiger partial charge < -0.3 is 15.0 Å². The quantitative estimate of drug-likeness (QED) is 0.902. The number of benzene rings is 1. The molecule has 0 bridgehead atoms. The number of nitrogens with one attached hydrogen (secondary N) is 1. The standard InChI is InChI=1S/C20H24N4O3/c1-3-10-24-14(2)16(13-21-24)19(26)23-11-8-20(9-12-23)22-18(25)15-6-4-5-7-17(15)27-20/h4-7,13H,3,8-12H2,1-2H3,(H,22,25). The number of aryl methyl sites for hydroxylation is 1. The van der Waals surface area contributed by atoms with Crippen LogP contribution in [-0.4, -0.2) is 45.3 Å². The molecule has 1 spiro atoms. The molecule has 2 amide bonds. The van der Waals surface area contributed by atoms with Crippen LogP contribution in [0.4, 0.5) is 0 Å². The summed E-state index contributed by atoms with van der Waals surface area (Å²) in [5.41, 5.74) is 1.38. The van der Waals surface area contributed by atoms with Gasteiger partial charge in [0.1, 0.15) is 5.75 Å². The number of likely N-dealkylation sites (tertiary alicyclic amines) is 1. The zero-order valence-electron chi connectivity index (χ0n) is 15.7. The third-order valence-corrected chi connectivity index (χ3v) is 5.41. The molecule has 0 aliphatic carbocycles. The molecule has 1 N–H and O–H groups in total. The molecule has 1 aromatic carbocycles. The highest BCUT2D eigenvalue weighted by atomic mass is 16.5. The van der Waals surface area contributed by atoms with Gasteiger partial charge >= 0.3 is 0 Å². The summed E-state index contributed by atoms with van der Waals surface area (Å²) in [7, 11) is 0. The summed E-state index contributed by atoms with van der Waals surface area (Å²) in [6.45, 7) is 5.88. The first kappa shape index (κ1) is 17.6. The Labute approximate surface area is 158 Å². The topological polar surface area (TPSA) is 76.5 Å². The highest BCUT2D eigenvalue weighted by Crippen LogP contribution is 2.33. The minimum absolute atomic E-state index is 0.00719. The number of carbonyl (C=O) groups excluding carboxylic acids is 2. The molecule has 3 heterocycles. The minimum Gasteiger partial charge on any atom is -0.467 e. The Morgan fingerprint density at radius 2 is 2.04 bits per heavy atom. The maximum Gasteiger partial charge on any atom is 0.258 e. The lowest BCUT2D eigenvalue weighted by molar-refractivity contribution is -0.0245. The van der Waals surface area contributed by atoms with E-state index in [1.165, 1.54) is 0 Å². The Balaban J connectivity index is 1.46. The van der Waals surface area contributed by atoms with Gasteiger partial charge in [0, 0.05) is 38.2 Å². The number of hydrogen-bond donors (Lipinski definition) is 1. The smallest absolute Gasteiger partial charge is 0.258 e. The van der Waals surface area contributed by atoms with E-state index >= 15 is 0 Å². The first-order valence-corrected chi connectivity index (χ1v) is 9.45. The number of piperidine rings is 1. The monoisotopic (exact) mass is 368 g/mol. The summed E-state index contributed by atoms with van der Waals surface area (Å²) in [6.07, 6.45) is 3.75. The van der Waals surface area contributed by atoms with E-state index in [0.29, 0.717) is 42.8 Å². The summed E-state index contributed by atoms with van der Waals surface area (Å²) >= 11 is 0. The molecule has 1 aromatic heterocycles. The van der Waals surface area contributed by atoms with Crippen LogP contribution in [0.25, 0.3) is 0 Å². The summed E-state index contributed by atoms with van der Waals surface area (Å²) in [5, 5.41) is 7.33. The lowest BCUT2D eigenvalue weighted by atomic mass is 9.96. The summed E-state index contributed by atoms with van der Waals surface area (Å²) in [6, 6.07) is 7.26. The summed E-state index contributed by atoms with van der Waals surface area (Å²) in [4.78, 5) is 27.2. The second-order valence-corrected chi connectivity index (χ2v) is 7.21. The Hall–Kier alpha value is -2.83. The second-order valence-electron chi connectivity index (χ2n) is 7.21. The number of ether oxygens (including phenoxy) is 1. The van der Waals surface area contributed by atoms with Gasteiger partial charge in [-0.3, -0.25) is 14.3 Å². The maximum atomic E-state index is 12.9. The molecule has 7 nitrogen and oxygen atoms in total. The molecule has 7 heteroatoms. The molecule has 27 heavy (non-hydrogen) atoms. The van der Waals surface area contributed by atoms with Gasteiger partial charge in [0.05, 0.1) is 17.3 Å². The molecule has 2 aromatic rings. The highest BCUT2D eigenvalue weighted by molar-refractivity contribution is 5.98. The summed E-state index contributed by atoms with van der Waals surface area (Å²) < 4.78 is 8.01. The van der Waals surface area contributed by atoms with Crippen LogP contribution in [-0.2, 0) is 6.54 Å². The minimum atomic E-state index is -0.732. The van der Waals surface area contributed by atoms with Crippen molar-refractivity contribution in [3.63, 3.8) is 0 Å². The number of hydrogen-bond acceptors (Lipinski definition) is 4. The average molecular weight is 368 g/mol. The van der Waals surface area contributed by atoms with Crippen LogP contribution >= 0.6 is 0 Å². The number of fused-ring (bicyclic) bond motifs is 1. The van der Waals surface area contributed by atoms with Crippen molar-refractivity contribution in [3.05, 3.63) is 47.3 Å². The van der Waals surface area contributed by atoms with Gasteiger partial charge in [-0.15, -0.1) is 0 Å². The van der Waals surface area contributed by atoms with E-state index in [4.69, 9.17) is 4.74 Å². The van der Waals surface area contributed by atoms with Crippen LogP contribution < -0.4 is 10.1 Å². The summed E-state index contributed by atoms with van der Waals surface area (Å²) in [5.74, 6) is 0.485. The molecular formula is C20H24N4O3. The van der Waals surface area contributed by atoms with Crippen molar-refractivity contribution in [1.29, 1.82) is 0 Å². The van der Waals surface area contributed by atoms with Crippen LogP contribution in [0, 0.1) is 6.92 Å². The molecule has 1 fully saturated rings. The normalized spacial score (nSPS) is 18.0. The first-order valence-electron chi connectivity index (χ1n) is 9.45. The van der Waals surface area contributed by atoms with E-state index in [0.717, 1.165) is 18.7 Å². The van der Waals surface area contributed by atoms with Crippen molar-refractivity contribution in [2.45, 2.75) is 45.4 Å². The third kappa shape index (κ3) is 3.07. The van der Waals surface area contributed by atoms with Crippen molar-refractivity contribution in [2.75, 3.05) is 13.1 Å². The van der Waals surface area contributed by atoms with Gasteiger partial charge in [0.2, 0.25) is 0 Å². The first-order chi connectivity index (χ1) is 13.0. The van der Waals surface area contributed by atoms with Gasteiger partial charge in [0.25, 0.3) is 11.8 Å². The van der Waals surface area contributed by atoms with E-state index in [2.05, 4.69) is 17.3 Å². The largest absolute Gasteiger partial charge is 0.467 e. The predicted octanol–water partition coefficient (Wildman–Crippen LogP) is 2.36. The van der Waals surface area contributed by atoms with Crippen molar-refractivity contribution in [3.8, 4) is 5.75 Å².